The van der Waals surface area contributed by atoms with Crippen molar-refractivity contribution in [2.24, 2.45) is 16.6 Å². The molecule has 3 N–H and O–H groups in total. The first kappa shape index (κ1) is 21.0. The summed E-state index contributed by atoms with van der Waals surface area (Å²) < 4.78 is 0. The second-order valence-electron chi connectivity index (χ2n) is 6.54. The van der Waals surface area contributed by atoms with E-state index in [1.807, 2.05) is 0 Å². The Morgan fingerprint density at radius 1 is 1.14 bits per heavy atom. The lowest BCUT2D eigenvalue weighted by molar-refractivity contribution is 0.235. The van der Waals surface area contributed by atoms with Gasteiger partial charge in [-0.05, 0) is 45.2 Å². The van der Waals surface area contributed by atoms with E-state index in [9.17, 15) is 0 Å². The van der Waals surface area contributed by atoms with Crippen LogP contribution in [-0.2, 0) is 0 Å². The molecule has 0 aromatic carbocycles. The molecular formula is C16H35IN4. The van der Waals surface area contributed by atoms with Crippen LogP contribution in [0.1, 0.15) is 59.3 Å². The summed E-state index contributed by atoms with van der Waals surface area (Å²) in [6, 6.07) is 0.424. The van der Waals surface area contributed by atoms with Gasteiger partial charge in [0.15, 0.2) is 5.96 Å². The average Bonchev–Trinajstić information content (AvgIpc) is 2.39. The number of nitrogens with two attached hydrogens (primary N) is 1. The Balaban J connectivity index is 0.00000400. The summed E-state index contributed by atoms with van der Waals surface area (Å²) >= 11 is 0. The molecule has 1 aliphatic heterocycles. The molecule has 0 aliphatic carbocycles. The van der Waals surface area contributed by atoms with Crippen LogP contribution < -0.4 is 11.1 Å². The fourth-order valence-electron chi connectivity index (χ4n) is 2.70. The predicted octanol–water partition coefficient (Wildman–Crippen LogP) is 3.21. The van der Waals surface area contributed by atoms with Crippen LogP contribution in [0.25, 0.3) is 0 Å². The summed E-state index contributed by atoms with van der Waals surface area (Å²) in [6.45, 7) is 11.1. The van der Waals surface area contributed by atoms with Crippen LogP contribution in [0.5, 0.6) is 0 Å². The number of hydrogen-bond donors (Lipinski definition) is 2. The van der Waals surface area contributed by atoms with Crippen molar-refractivity contribution in [2.45, 2.75) is 65.3 Å². The van der Waals surface area contributed by atoms with E-state index in [1.165, 1.54) is 51.6 Å². The zero-order chi connectivity index (χ0) is 14.8. The molecule has 0 spiro atoms. The first-order valence-electron chi connectivity index (χ1n) is 8.36. The molecule has 4 nitrogen and oxygen atoms in total. The maximum Gasteiger partial charge on any atom is 0.188 e. The van der Waals surface area contributed by atoms with Gasteiger partial charge in [0.05, 0.1) is 6.54 Å². The predicted molar refractivity (Wildman–Crippen MR) is 103 cm³/mol. The Kier molecular flexibility index (Phi) is 12.5. The number of nitrogens with one attached hydrogen (secondary N) is 1. The first-order chi connectivity index (χ1) is 9.58. The number of likely N-dealkylation sites (tertiary alicyclic amines) is 1. The molecular weight excluding hydrogens is 375 g/mol. The second kappa shape index (κ2) is 12.5. The fourth-order valence-corrected chi connectivity index (χ4v) is 2.70. The zero-order valence-corrected chi connectivity index (χ0v) is 16.4. The highest BCUT2D eigenvalue weighted by Gasteiger charge is 2.09. The maximum atomic E-state index is 5.94. The minimum absolute atomic E-state index is 0. The molecule has 1 rings (SSSR count). The van der Waals surface area contributed by atoms with Crippen LogP contribution in [-0.4, -0.2) is 43.1 Å². The van der Waals surface area contributed by atoms with Crippen molar-refractivity contribution in [1.82, 2.24) is 10.2 Å². The lowest BCUT2D eigenvalue weighted by Gasteiger charge is -2.25. The summed E-state index contributed by atoms with van der Waals surface area (Å²) in [5, 5.41) is 3.30. The quantitative estimate of drug-likeness (QED) is 0.367. The van der Waals surface area contributed by atoms with E-state index in [0.717, 1.165) is 19.0 Å². The highest BCUT2D eigenvalue weighted by atomic mass is 127. The van der Waals surface area contributed by atoms with E-state index in [1.54, 1.807) is 0 Å². The summed E-state index contributed by atoms with van der Waals surface area (Å²) in [5.41, 5.74) is 5.94. The number of hydrogen-bond acceptors (Lipinski definition) is 2. The molecule has 0 radical (unpaired) electrons. The lowest BCUT2D eigenvalue weighted by Crippen LogP contribution is -2.39. The molecule has 1 atom stereocenters. The van der Waals surface area contributed by atoms with Crippen LogP contribution in [0.15, 0.2) is 4.99 Å². The number of aliphatic imine (C=N–C) groups is 1. The fraction of sp³-hybridized carbons (Fsp3) is 0.938. The molecule has 1 heterocycles. The monoisotopic (exact) mass is 410 g/mol. The largest absolute Gasteiger partial charge is 0.370 e. The van der Waals surface area contributed by atoms with Gasteiger partial charge >= 0.3 is 0 Å². The van der Waals surface area contributed by atoms with Crippen LogP contribution in [0.2, 0.25) is 0 Å². The topological polar surface area (TPSA) is 53.6 Å². The van der Waals surface area contributed by atoms with Gasteiger partial charge < -0.3 is 16.0 Å². The summed E-state index contributed by atoms with van der Waals surface area (Å²) in [4.78, 5) is 6.94. The Labute approximate surface area is 148 Å². The molecule has 0 aromatic heterocycles. The molecule has 0 amide bonds. The van der Waals surface area contributed by atoms with Crippen molar-refractivity contribution >= 4 is 29.9 Å². The van der Waals surface area contributed by atoms with E-state index in [2.05, 4.69) is 36.0 Å². The molecule has 0 bridgehead atoms. The molecule has 1 unspecified atom stereocenters. The molecule has 1 fully saturated rings. The highest BCUT2D eigenvalue weighted by Crippen LogP contribution is 2.08. The minimum Gasteiger partial charge on any atom is -0.370 e. The molecule has 0 saturated carbocycles. The Hall–Kier alpha value is -0.0400. The lowest BCUT2D eigenvalue weighted by atomic mass is 10.0. The third kappa shape index (κ3) is 11.2. The van der Waals surface area contributed by atoms with Crippen molar-refractivity contribution in [3.05, 3.63) is 0 Å². The van der Waals surface area contributed by atoms with Gasteiger partial charge in [-0.1, -0.05) is 33.1 Å². The van der Waals surface area contributed by atoms with Gasteiger partial charge in [0.1, 0.15) is 0 Å². The van der Waals surface area contributed by atoms with Crippen LogP contribution >= 0.6 is 24.0 Å². The van der Waals surface area contributed by atoms with E-state index in [0.29, 0.717) is 12.0 Å². The SMILES string of the molecule is CC(C)CCCC(C)NC(N)=NCCN1CCCCC1.I. The third-order valence-electron chi connectivity index (χ3n) is 3.96. The number of halogens is 1. The molecule has 1 aliphatic rings. The van der Waals surface area contributed by atoms with E-state index in [-0.39, 0.29) is 24.0 Å². The summed E-state index contributed by atoms with van der Waals surface area (Å²) in [6.07, 6.45) is 7.78. The Morgan fingerprint density at radius 3 is 2.43 bits per heavy atom. The third-order valence-corrected chi connectivity index (χ3v) is 3.96. The Morgan fingerprint density at radius 2 is 1.81 bits per heavy atom. The minimum atomic E-state index is 0. The standard InChI is InChI=1S/C16H34N4.HI/c1-14(2)8-7-9-15(3)19-16(17)18-10-13-20-11-5-4-6-12-20;/h14-15H,4-13H2,1-3H3,(H3,17,18,19);1H. The highest BCUT2D eigenvalue weighted by molar-refractivity contribution is 14.0. The van der Waals surface area contributed by atoms with Gasteiger partial charge in [-0.3, -0.25) is 4.99 Å². The molecule has 21 heavy (non-hydrogen) atoms. The van der Waals surface area contributed by atoms with Gasteiger partial charge in [-0.2, -0.15) is 0 Å². The van der Waals surface area contributed by atoms with E-state index >= 15 is 0 Å². The summed E-state index contributed by atoms with van der Waals surface area (Å²) in [5.74, 6) is 1.40. The van der Waals surface area contributed by atoms with Crippen LogP contribution in [0.4, 0.5) is 0 Å². The first-order valence-corrected chi connectivity index (χ1v) is 8.36. The number of rotatable bonds is 8. The van der Waals surface area contributed by atoms with E-state index < -0.39 is 0 Å². The maximum absolute atomic E-state index is 5.94. The number of piperidine rings is 1. The number of nitrogens with zero attached hydrogens (tertiary/aromatic N) is 2. The smallest absolute Gasteiger partial charge is 0.188 e. The molecule has 5 heteroatoms. The van der Waals surface area contributed by atoms with Crippen LogP contribution in [0.3, 0.4) is 0 Å². The van der Waals surface area contributed by atoms with Gasteiger partial charge in [-0.15, -0.1) is 24.0 Å². The summed E-state index contributed by atoms with van der Waals surface area (Å²) in [7, 11) is 0. The van der Waals surface area contributed by atoms with Crippen molar-refractivity contribution in [3.63, 3.8) is 0 Å². The molecule has 0 aromatic rings. The Bertz CT molecular complexity index is 275. The van der Waals surface area contributed by atoms with Crippen molar-refractivity contribution < 1.29 is 0 Å². The average molecular weight is 410 g/mol. The van der Waals surface area contributed by atoms with E-state index in [4.69, 9.17) is 5.73 Å². The zero-order valence-electron chi connectivity index (χ0n) is 14.1. The van der Waals surface area contributed by atoms with Crippen molar-refractivity contribution in [2.75, 3.05) is 26.2 Å². The number of guanidine groups is 1. The molecule has 126 valence electrons. The van der Waals surface area contributed by atoms with Crippen molar-refractivity contribution in [1.29, 1.82) is 0 Å². The van der Waals surface area contributed by atoms with Gasteiger partial charge in [0, 0.05) is 12.6 Å². The van der Waals surface area contributed by atoms with Crippen molar-refractivity contribution in [3.8, 4) is 0 Å². The normalized spacial score (nSPS) is 18.4. The van der Waals surface area contributed by atoms with Gasteiger partial charge in [-0.25, -0.2) is 0 Å². The van der Waals surface area contributed by atoms with Gasteiger partial charge in [0.2, 0.25) is 0 Å². The second-order valence-corrected chi connectivity index (χ2v) is 6.54. The molecule has 1 saturated heterocycles. The van der Waals surface area contributed by atoms with Crippen LogP contribution in [0, 0.1) is 5.92 Å². The van der Waals surface area contributed by atoms with Gasteiger partial charge in [0.25, 0.3) is 0 Å².